The van der Waals surface area contributed by atoms with Crippen molar-refractivity contribution >= 4 is 57.2 Å². The minimum absolute atomic E-state index is 0.255. The molecule has 6 rings (SSSR count). The summed E-state index contributed by atoms with van der Waals surface area (Å²) in [6.45, 7) is 9.05. The second-order valence-electron chi connectivity index (χ2n) is 10.7. The molecule has 8 nitrogen and oxygen atoms in total. The molecule has 0 unspecified atom stereocenters. The highest BCUT2D eigenvalue weighted by atomic mass is 35.5. The number of pyridine rings is 2. The SMILES string of the molecule is C=Cc1cnc2c(Nc3cccc(-c4cccc(-c5nc6cc(CNCCC(=O)OC)cc(Cl)c6o5)c4C)c3C)nccc2c1. The first-order valence-electron chi connectivity index (χ1n) is 14.6. The summed E-state index contributed by atoms with van der Waals surface area (Å²) in [5, 5.41) is 8.22. The molecular formula is C36H32ClN5O3. The van der Waals surface area contributed by atoms with Crippen LogP contribution in [0.5, 0.6) is 0 Å². The van der Waals surface area contributed by atoms with Gasteiger partial charge in [-0.1, -0.05) is 48.5 Å². The van der Waals surface area contributed by atoms with Gasteiger partial charge in [-0.3, -0.25) is 9.78 Å². The van der Waals surface area contributed by atoms with Crippen LogP contribution >= 0.6 is 11.6 Å². The van der Waals surface area contributed by atoms with Gasteiger partial charge in [0.05, 0.1) is 18.6 Å². The first kappa shape index (κ1) is 30.0. The van der Waals surface area contributed by atoms with E-state index in [1.54, 1.807) is 18.5 Å². The zero-order chi connectivity index (χ0) is 31.5. The number of oxazole rings is 1. The molecule has 0 aliphatic carbocycles. The number of rotatable bonds is 10. The molecular weight excluding hydrogens is 586 g/mol. The van der Waals surface area contributed by atoms with Crippen molar-refractivity contribution in [1.29, 1.82) is 0 Å². The summed E-state index contributed by atoms with van der Waals surface area (Å²) >= 11 is 6.62. The van der Waals surface area contributed by atoms with Crippen LogP contribution in [0.2, 0.25) is 5.02 Å². The highest BCUT2D eigenvalue weighted by Gasteiger charge is 2.18. The Kier molecular flexibility index (Phi) is 8.60. The van der Waals surface area contributed by atoms with Gasteiger partial charge < -0.3 is 19.8 Å². The molecule has 9 heteroatoms. The molecule has 0 aliphatic rings. The predicted molar refractivity (Wildman–Crippen MR) is 181 cm³/mol. The number of nitrogens with zero attached hydrogens (tertiary/aromatic N) is 3. The maximum Gasteiger partial charge on any atom is 0.306 e. The zero-order valence-corrected chi connectivity index (χ0v) is 26.0. The van der Waals surface area contributed by atoms with Gasteiger partial charge in [-0.25, -0.2) is 9.97 Å². The lowest BCUT2D eigenvalue weighted by Gasteiger charge is -2.16. The van der Waals surface area contributed by atoms with Gasteiger partial charge in [0.2, 0.25) is 5.89 Å². The van der Waals surface area contributed by atoms with Gasteiger partial charge in [0.25, 0.3) is 0 Å². The number of esters is 1. The monoisotopic (exact) mass is 617 g/mol. The van der Waals surface area contributed by atoms with Gasteiger partial charge in [0.15, 0.2) is 11.4 Å². The number of benzene rings is 3. The Morgan fingerprint density at radius 3 is 2.60 bits per heavy atom. The highest BCUT2D eigenvalue weighted by molar-refractivity contribution is 6.34. The zero-order valence-electron chi connectivity index (χ0n) is 25.3. The fraction of sp³-hybridized carbons (Fsp3) is 0.167. The van der Waals surface area contributed by atoms with Crippen molar-refractivity contribution < 1.29 is 13.9 Å². The number of carbonyl (C=O) groups is 1. The molecule has 3 aromatic heterocycles. The number of hydrogen-bond acceptors (Lipinski definition) is 8. The third kappa shape index (κ3) is 6.16. The summed E-state index contributed by atoms with van der Waals surface area (Å²) in [5.74, 6) is 0.934. The second-order valence-corrected chi connectivity index (χ2v) is 11.1. The van der Waals surface area contributed by atoms with Crippen LogP contribution in [0.1, 0.15) is 28.7 Å². The van der Waals surface area contributed by atoms with E-state index in [-0.39, 0.29) is 5.97 Å². The lowest BCUT2D eigenvalue weighted by molar-refractivity contribution is -0.140. The van der Waals surface area contributed by atoms with Crippen LogP contribution in [0, 0.1) is 13.8 Å². The summed E-state index contributed by atoms with van der Waals surface area (Å²) in [6, 6.07) is 20.1. The molecule has 226 valence electrons. The largest absolute Gasteiger partial charge is 0.469 e. The van der Waals surface area contributed by atoms with Crippen molar-refractivity contribution in [3.8, 4) is 22.6 Å². The summed E-state index contributed by atoms with van der Waals surface area (Å²) in [6.07, 6.45) is 5.66. The summed E-state index contributed by atoms with van der Waals surface area (Å²) < 4.78 is 10.9. The Labute approximate surface area is 266 Å². The topological polar surface area (TPSA) is 102 Å². The molecule has 45 heavy (non-hydrogen) atoms. The van der Waals surface area contributed by atoms with Crippen molar-refractivity contribution in [2.45, 2.75) is 26.8 Å². The minimum atomic E-state index is -0.255. The van der Waals surface area contributed by atoms with E-state index in [1.165, 1.54) is 7.11 Å². The van der Waals surface area contributed by atoms with E-state index in [4.69, 9.17) is 25.7 Å². The van der Waals surface area contributed by atoms with Gasteiger partial charge in [-0.05, 0) is 83.6 Å². The fourth-order valence-electron chi connectivity index (χ4n) is 5.42. The lowest BCUT2D eigenvalue weighted by Crippen LogP contribution is -2.18. The number of methoxy groups -OCH3 is 1. The number of carbonyl (C=O) groups excluding carboxylic acids is 1. The molecule has 0 saturated carbocycles. The number of hydrogen-bond donors (Lipinski definition) is 2. The molecule has 0 fully saturated rings. The quantitative estimate of drug-likeness (QED) is 0.117. The average molecular weight is 618 g/mol. The van der Waals surface area contributed by atoms with E-state index in [0.29, 0.717) is 47.3 Å². The smallest absolute Gasteiger partial charge is 0.306 e. The average Bonchev–Trinajstić information content (AvgIpc) is 3.48. The van der Waals surface area contributed by atoms with E-state index in [2.05, 4.69) is 53.2 Å². The van der Waals surface area contributed by atoms with Crippen molar-refractivity contribution in [2.75, 3.05) is 19.0 Å². The van der Waals surface area contributed by atoms with Crippen LogP contribution in [-0.4, -0.2) is 34.6 Å². The second kappa shape index (κ2) is 12.9. The fourth-order valence-corrected chi connectivity index (χ4v) is 5.69. The molecule has 0 aliphatic heterocycles. The van der Waals surface area contributed by atoms with Crippen LogP contribution in [0.25, 0.3) is 50.7 Å². The van der Waals surface area contributed by atoms with E-state index >= 15 is 0 Å². The van der Waals surface area contributed by atoms with E-state index in [9.17, 15) is 4.79 Å². The van der Waals surface area contributed by atoms with E-state index in [1.807, 2.05) is 48.5 Å². The van der Waals surface area contributed by atoms with E-state index < -0.39 is 0 Å². The number of ether oxygens (including phenoxy) is 1. The van der Waals surface area contributed by atoms with Gasteiger partial charge in [-0.2, -0.15) is 0 Å². The maximum atomic E-state index is 11.4. The lowest BCUT2D eigenvalue weighted by atomic mass is 9.93. The van der Waals surface area contributed by atoms with Gasteiger partial charge in [0.1, 0.15) is 11.0 Å². The van der Waals surface area contributed by atoms with Gasteiger partial charge in [-0.15, -0.1) is 0 Å². The Morgan fingerprint density at radius 1 is 1.02 bits per heavy atom. The Morgan fingerprint density at radius 2 is 1.80 bits per heavy atom. The third-order valence-corrected chi connectivity index (χ3v) is 8.15. The van der Waals surface area contributed by atoms with Crippen LogP contribution in [0.3, 0.4) is 0 Å². The maximum absolute atomic E-state index is 11.4. The third-order valence-electron chi connectivity index (χ3n) is 7.86. The number of halogens is 1. The first-order chi connectivity index (χ1) is 21.9. The molecule has 2 N–H and O–H groups in total. The van der Waals surface area contributed by atoms with Crippen LogP contribution in [0.15, 0.2) is 84.1 Å². The Balaban J connectivity index is 1.30. The van der Waals surface area contributed by atoms with Gasteiger partial charge >= 0.3 is 5.97 Å². The minimum Gasteiger partial charge on any atom is -0.469 e. The molecule has 0 atom stereocenters. The summed E-state index contributed by atoms with van der Waals surface area (Å²) in [7, 11) is 1.38. The summed E-state index contributed by atoms with van der Waals surface area (Å²) in [5.41, 5.74) is 9.98. The normalized spacial score (nSPS) is 11.2. The molecule has 3 aromatic carbocycles. The number of nitrogens with one attached hydrogen (secondary N) is 2. The van der Waals surface area contributed by atoms with Crippen LogP contribution in [-0.2, 0) is 16.1 Å². The van der Waals surface area contributed by atoms with Crippen molar-refractivity contribution in [3.63, 3.8) is 0 Å². The molecule has 0 amide bonds. The Bertz CT molecular complexity index is 2070. The van der Waals surface area contributed by atoms with Crippen LogP contribution in [0.4, 0.5) is 11.5 Å². The molecule has 0 saturated heterocycles. The van der Waals surface area contributed by atoms with E-state index in [0.717, 1.165) is 55.5 Å². The number of anilines is 2. The van der Waals surface area contributed by atoms with Gasteiger partial charge in [0, 0.05) is 42.1 Å². The molecule has 3 heterocycles. The van der Waals surface area contributed by atoms with Crippen molar-refractivity contribution in [2.24, 2.45) is 0 Å². The molecule has 6 aromatic rings. The molecule has 0 spiro atoms. The molecule has 0 radical (unpaired) electrons. The van der Waals surface area contributed by atoms with Crippen molar-refractivity contribution in [3.05, 3.63) is 107 Å². The summed E-state index contributed by atoms with van der Waals surface area (Å²) in [4.78, 5) is 25.4. The highest BCUT2D eigenvalue weighted by Crippen LogP contribution is 2.38. The molecule has 0 bridgehead atoms. The standard InChI is InChI=1S/C36H32ClN5O3/c1-5-23-16-25-12-15-39-35(33(25)40-20-23)41-30-11-7-9-27(22(30)3)26-8-6-10-28(21(26)2)36-42-31-18-24(17-29(37)34(31)45-36)19-38-14-13-32(43)44-4/h5-12,15-18,20,38H,1,13-14,19H2,2-4H3,(H,39,41). The Hall–Kier alpha value is -5.05. The first-order valence-corrected chi connectivity index (χ1v) is 14.9. The van der Waals surface area contributed by atoms with Crippen molar-refractivity contribution in [1.82, 2.24) is 20.3 Å². The number of fused-ring (bicyclic) bond motifs is 2. The predicted octanol–water partition coefficient (Wildman–Crippen LogP) is 8.41. The van der Waals surface area contributed by atoms with Crippen LogP contribution < -0.4 is 10.6 Å². The number of aromatic nitrogens is 3.